The third kappa shape index (κ3) is 8.73. The Morgan fingerprint density at radius 2 is 1.34 bits per heavy atom. The molecule has 0 amide bonds. The summed E-state index contributed by atoms with van der Waals surface area (Å²) in [5.74, 6) is -0.311. The quantitative estimate of drug-likeness (QED) is 0.162. The third-order valence-corrected chi connectivity index (χ3v) is 11.2. The zero-order chi connectivity index (χ0) is 51.3. The number of benzene rings is 6. The molecule has 2 heterocycles. The van der Waals surface area contributed by atoms with Crippen molar-refractivity contribution >= 4 is 11.0 Å². The number of rotatable bonds is 7. The summed E-state index contributed by atoms with van der Waals surface area (Å²) in [6, 6.07) is 29.5. The number of nitrogens with zero attached hydrogens (tertiary/aromatic N) is 3. The summed E-state index contributed by atoms with van der Waals surface area (Å²) in [5, 5.41) is 12.5. The van der Waals surface area contributed by atoms with E-state index >= 15 is 0 Å². The first-order chi connectivity index (χ1) is 32.5. The molecule has 0 saturated carbocycles. The normalized spacial score (nSPS) is 14.4. The maximum atomic E-state index is 12.5. The molecule has 8 aromatic rings. The van der Waals surface area contributed by atoms with E-state index in [0.717, 1.165) is 39.1 Å². The van der Waals surface area contributed by atoms with Crippen LogP contribution in [-0.4, -0.2) is 19.6 Å². The fraction of sp³-hybridized carbons (Fsp3) is 0.263. The second kappa shape index (κ2) is 16.9. The van der Waals surface area contributed by atoms with Gasteiger partial charge in [0.15, 0.2) is 0 Å². The summed E-state index contributed by atoms with van der Waals surface area (Å²) >= 11 is 0. The van der Waals surface area contributed by atoms with Crippen molar-refractivity contribution in [3.63, 3.8) is 0 Å². The van der Waals surface area contributed by atoms with Gasteiger partial charge in [-0.1, -0.05) is 178 Å². The fourth-order valence-corrected chi connectivity index (χ4v) is 7.66. The monoisotopic (exact) mass is 1000 g/mol. The Kier molecular flexibility index (Phi) is 9.29. The number of aromatic nitrogens is 3. The van der Waals surface area contributed by atoms with Gasteiger partial charge >= 0.3 is 0 Å². The van der Waals surface area contributed by atoms with Crippen molar-refractivity contribution in [3.05, 3.63) is 168 Å². The molecule has 0 saturated heterocycles. The predicted octanol–water partition coefficient (Wildman–Crippen LogP) is 15.3. The maximum absolute atomic E-state index is 12.5. The van der Waals surface area contributed by atoms with Gasteiger partial charge in [-0.15, -0.1) is 29.3 Å². The van der Waals surface area contributed by atoms with Gasteiger partial charge in [0.05, 0.1) is 33.3 Å². The molecule has 318 valence electrons. The molecule has 5 heteroatoms. The van der Waals surface area contributed by atoms with E-state index in [1.807, 2.05) is 113 Å². The van der Waals surface area contributed by atoms with Gasteiger partial charge in [-0.05, 0) is 80.3 Å². The molecule has 0 aliphatic rings. The van der Waals surface area contributed by atoms with Gasteiger partial charge in [0.1, 0.15) is 11.6 Å². The number of imidazole rings is 1. The zero-order valence-corrected chi connectivity index (χ0v) is 39.5. The number of phenols is 1. The molecule has 0 radical (unpaired) electrons. The maximum Gasteiger partial charge on any atom is 0.148 e. The minimum absolute atomic E-state index is 0. The van der Waals surface area contributed by atoms with Gasteiger partial charge in [-0.3, -0.25) is 9.55 Å². The third-order valence-electron chi connectivity index (χ3n) is 11.2. The number of fused-ring (bicyclic) bond motifs is 1. The standard InChI is InChI=1S/C57H58N3O.Pt/c1-36(2)39-25-26-50(46(32-39)38-21-16-13-17-22-38)60-51-24-18-23-45(52(51)59-54(60)47-34-44(56(6,7)8)35-48(53(47)61)57(9,10)11)41-29-42(31-43(30-41)55(3,4)5)49-33-40(27-28-58-49)37-19-14-12-15-20-37;/h12-28,30-36,61H,1-11H3;/q-1;/i12D,14D,15D,19D,20D,27D,28D,33D,36D;. The van der Waals surface area contributed by atoms with Crippen molar-refractivity contribution in [2.75, 3.05) is 0 Å². The molecule has 0 bridgehead atoms. The molecule has 0 atom stereocenters. The Bertz CT molecular complexity index is 3380. The molecule has 0 unspecified atom stereocenters. The Morgan fingerprint density at radius 3 is 2.00 bits per heavy atom. The largest absolute Gasteiger partial charge is 0.507 e. The molecule has 6 aromatic carbocycles. The van der Waals surface area contributed by atoms with Crippen LogP contribution < -0.4 is 0 Å². The zero-order valence-electron chi connectivity index (χ0n) is 46.3. The smallest absolute Gasteiger partial charge is 0.148 e. The Hall–Kier alpha value is -5.57. The van der Waals surface area contributed by atoms with Crippen LogP contribution in [0.1, 0.15) is 117 Å². The van der Waals surface area contributed by atoms with Crippen LogP contribution in [0.3, 0.4) is 0 Å². The van der Waals surface area contributed by atoms with Crippen LogP contribution in [0.25, 0.3) is 72.7 Å². The van der Waals surface area contributed by atoms with E-state index in [1.54, 1.807) is 0 Å². The second-order valence-electron chi connectivity index (χ2n) is 19.1. The molecule has 62 heavy (non-hydrogen) atoms. The first-order valence-electron chi connectivity index (χ1n) is 25.2. The van der Waals surface area contributed by atoms with E-state index in [2.05, 4.69) is 69.3 Å². The van der Waals surface area contributed by atoms with Crippen LogP contribution in [0.15, 0.2) is 139 Å². The molecular weight excluding hydrogens is 938 g/mol. The number of pyridine rings is 1. The molecule has 8 rings (SSSR count). The average molecular weight is 1010 g/mol. The topological polar surface area (TPSA) is 50.9 Å². The molecular formula is C57H58N3OPt-. The van der Waals surface area contributed by atoms with Gasteiger partial charge in [0, 0.05) is 45.4 Å². The van der Waals surface area contributed by atoms with Crippen LogP contribution in [0.4, 0.5) is 0 Å². The van der Waals surface area contributed by atoms with Gasteiger partial charge in [-0.2, -0.15) is 0 Å². The van der Waals surface area contributed by atoms with E-state index in [9.17, 15) is 6.48 Å². The van der Waals surface area contributed by atoms with Crippen LogP contribution >= 0.6 is 0 Å². The van der Waals surface area contributed by atoms with Gasteiger partial charge in [0.25, 0.3) is 0 Å². The van der Waals surface area contributed by atoms with E-state index in [0.29, 0.717) is 39.1 Å². The van der Waals surface area contributed by atoms with Crippen LogP contribution in [0.5, 0.6) is 5.75 Å². The molecule has 0 aliphatic heterocycles. The summed E-state index contributed by atoms with van der Waals surface area (Å²) < 4.78 is 80.7. The summed E-state index contributed by atoms with van der Waals surface area (Å²) in [4.78, 5) is 9.97. The van der Waals surface area contributed by atoms with Crippen LogP contribution in [-0.2, 0) is 37.3 Å². The number of para-hydroxylation sites is 1. The SMILES string of the molecule is [2H]c1nc(-c2[c-]c(-c3cccc4c3nc(-c3cc(C(C)(C)C)cc(C(C)(C)C)c3O)n4-c3ccc(C([2H])(C)C)cc3-c3ccccc3)cc(C(C)(C)C)c2)c([2H])c(-c2c([2H])c([2H])c([2H])c([2H])c2[2H])c1[2H].[Pt]. The number of aromatic hydroxyl groups is 1. The van der Waals surface area contributed by atoms with Crippen LogP contribution in [0.2, 0.25) is 0 Å². The fourth-order valence-electron chi connectivity index (χ4n) is 7.66. The van der Waals surface area contributed by atoms with Crippen molar-refractivity contribution in [1.29, 1.82) is 0 Å². The van der Waals surface area contributed by atoms with Crippen molar-refractivity contribution in [3.8, 4) is 67.5 Å². The average Bonchev–Trinajstić information content (AvgIpc) is 3.68. The van der Waals surface area contributed by atoms with E-state index in [-0.39, 0.29) is 55.1 Å². The first kappa shape index (κ1) is 34.0. The first-order valence-corrected chi connectivity index (χ1v) is 20.7. The molecule has 0 fully saturated rings. The Balaban J connectivity index is 0.00000741. The van der Waals surface area contributed by atoms with E-state index in [4.69, 9.17) is 16.0 Å². The van der Waals surface area contributed by atoms with Crippen molar-refractivity contribution in [2.45, 2.75) is 98.3 Å². The summed E-state index contributed by atoms with van der Waals surface area (Å²) in [6.45, 7) is 22.5. The number of phenolic OH excluding ortho intramolecular Hbond substituents is 1. The summed E-state index contributed by atoms with van der Waals surface area (Å²) in [5.41, 5.74) is 7.47. The Labute approximate surface area is 396 Å². The minimum atomic E-state index is -0.910. The minimum Gasteiger partial charge on any atom is -0.507 e. The molecule has 4 nitrogen and oxygen atoms in total. The summed E-state index contributed by atoms with van der Waals surface area (Å²) in [6.07, 6.45) is -0.532. The second-order valence-corrected chi connectivity index (χ2v) is 19.1. The molecule has 1 N–H and O–H groups in total. The van der Waals surface area contributed by atoms with Crippen molar-refractivity contribution in [1.82, 2.24) is 14.5 Å². The number of hydrogen-bond acceptors (Lipinski definition) is 3. The molecule has 0 aliphatic carbocycles. The number of hydrogen-bond donors (Lipinski definition) is 1. The van der Waals surface area contributed by atoms with Crippen LogP contribution in [0, 0.1) is 6.07 Å². The van der Waals surface area contributed by atoms with Crippen molar-refractivity contribution < 1.29 is 38.5 Å². The Morgan fingerprint density at radius 1 is 0.661 bits per heavy atom. The molecule has 2 aromatic heterocycles. The van der Waals surface area contributed by atoms with Gasteiger partial charge < -0.3 is 5.11 Å². The predicted molar refractivity (Wildman–Crippen MR) is 257 cm³/mol. The van der Waals surface area contributed by atoms with E-state index in [1.165, 1.54) is 0 Å². The van der Waals surface area contributed by atoms with Gasteiger partial charge in [0.2, 0.25) is 0 Å². The molecule has 0 spiro atoms. The van der Waals surface area contributed by atoms with Gasteiger partial charge in [-0.25, -0.2) is 4.98 Å². The summed E-state index contributed by atoms with van der Waals surface area (Å²) in [7, 11) is 0. The van der Waals surface area contributed by atoms with Crippen molar-refractivity contribution in [2.24, 2.45) is 0 Å². The van der Waals surface area contributed by atoms with E-state index < -0.39 is 59.2 Å².